The number of amidine groups is 1. The molecule has 1 saturated heterocycles. The van der Waals surface area contributed by atoms with Crippen LogP contribution in [0.25, 0.3) is 0 Å². The largest absolute Gasteiger partial charge is 0.344 e. The molecule has 2 rings (SSSR count). The molecule has 0 amide bonds. The maximum Gasteiger partial charge on any atom is 0.158 e. The van der Waals surface area contributed by atoms with E-state index >= 15 is 0 Å². The van der Waals surface area contributed by atoms with Gasteiger partial charge >= 0.3 is 0 Å². The number of hydrogen-bond acceptors (Lipinski definition) is 3. The third kappa shape index (κ3) is 3.80. The predicted octanol–water partition coefficient (Wildman–Crippen LogP) is 4.57. The Hall–Kier alpha value is -0.680. The number of nitrogens with zero attached hydrogens (tertiary/aromatic N) is 2. The fourth-order valence-corrected chi connectivity index (χ4v) is 3.62. The highest BCUT2D eigenvalue weighted by Crippen LogP contribution is 2.34. The molecular weight excluding hydrogens is 345 g/mol. The van der Waals surface area contributed by atoms with E-state index in [1.165, 1.54) is 0 Å². The Kier molecular flexibility index (Phi) is 6.21. The average molecular weight is 372 g/mol. The summed E-state index contributed by atoms with van der Waals surface area (Å²) in [4.78, 5) is 7.20. The first-order valence-electron chi connectivity index (χ1n) is 8.30. The quantitative estimate of drug-likeness (QED) is 0.783. The molecule has 0 aromatic rings. The van der Waals surface area contributed by atoms with Crippen molar-refractivity contribution in [1.29, 1.82) is 0 Å². The zero-order valence-corrected chi connectivity index (χ0v) is 15.6. The fourth-order valence-electron chi connectivity index (χ4n) is 2.90. The molecular formula is C17H27BrFN3. The van der Waals surface area contributed by atoms with E-state index in [9.17, 15) is 4.39 Å². The van der Waals surface area contributed by atoms with Gasteiger partial charge in [-0.3, -0.25) is 0 Å². The molecule has 124 valence electrons. The summed E-state index contributed by atoms with van der Waals surface area (Å²) in [6.45, 7) is 8.34. The highest BCUT2D eigenvalue weighted by atomic mass is 79.9. The molecule has 0 bridgehead atoms. The third-order valence-corrected chi connectivity index (χ3v) is 5.49. The first-order valence-corrected chi connectivity index (χ1v) is 9.10. The average Bonchev–Trinajstić information content (AvgIpc) is 2.66. The summed E-state index contributed by atoms with van der Waals surface area (Å²) < 4.78 is 15.2. The molecule has 0 spiro atoms. The highest BCUT2D eigenvalue weighted by molar-refractivity contribution is 9.12. The molecule has 1 atom stereocenters. The molecule has 2 heterocycles. The van der Waals surface area contributed by atoms with E-state index in [0.29, 0.717) is 22.5 Å². The van der Waals surface area contributed by atoms with Crippen molar-refractivity contribution in [2.45, 2.75) is 46.5 Å². The minimum absolute atomic E-state index is 0.190. The lowest BCUT2D eigenvalue weighted by molar-refractivity contribution is 0.250. The number of nitrogens with one attached hydrogen (secondary N) is 1. The van der Waals surface area contributed by atoms with Crippen LogP contribution in [0.3, 0.4) is 0 Å². The molecule has 0 aliphatic carbocycles. The third-order valence-electron chi connectivity index (χ3n) is 4.74. The minimum atomic E-state index is -0.190. The molecule has 0 unspecified atom stereocenters. The van der Waals surface area contributed by atoms with Crippen molar-refractivity contribution in [2.75, 3.05) is 20.1 Å². The molecule has 2 aliphatic heterocycles. The number of hydrogen-bond donors (Lipinski definition) is 1. The smallest absolute Gasteiger partial charge is 0.158 e. The monoisotopic (exact) mass is 371 g/mol. The summed E-state index contributed by atoms with van der Waals surface area (Å²) in [5.41, 5.74) is 1.48. The molecule has 22 heavy (non-hydrogen) atoms. The van der Waals surface area contributed by atoms with Gasteiger partial charge in [-0.05, 0) is 67.7 Å². The molecule has 0 aromatic carbocycles. The van der Waals surface area contributed by atoms with Gasteiger partial charge in [-0.25, -0.2) is 9.38 Å². The van der Waals surface area contributed by atoms with Crippen molar-refractivity contribution in [3.05, 3.63) is 21.7 Å². The highest BCUT2D eigenvalue weighted by Gasteiger charge is 2.27. The van der Waals surface area contributed by atoms with Crippen molar-refractivity contribution in [3.63, 3.8) is 0 Å². The number of rotatable bonds is 4. The summed E-state index contributed by atoms with van der Waals surface area (Å²) in [6.07, 6.45) is 3.74. The van der Waals surface area contributed by atoms with Gasteiger partial charge in [0.2, 0.25) is 0 Å². The number of halogens is 2. The van der Waals surface area contributed by atoms with Gasteiger partial charge in [0, 0.05) is 5.92 Å². The first-order chi connectivity index (χ1) is 10.5. The van der Waals surface area contributed by atoms with E-state index in [1.54, 1.807) is 0 Å². The van der Waals surface area contributed by atoms with Crippen LogP contribution in [0.2, 0.25) is 0 Å². The zero-order valence-electron chi connectivity index (χ0n) is 14.0. The van der Waals surface area contributed by atoms with Gasteiger partial charge in [-0.1, -0.05) is 20.8 Å². The van der Waals surface area contributed by atoms with Gasteiger partial charge in [0.1, 0.15) is 5.84 Å². The SMILES string of the molecule is CCC1=C(F)C(Br)=C([C@@H](C)CC)N=C(C2CCN(C)CC2)N1. The molecule has 0 radical (unpaired) electrons. The van der Waals surface area contributed by atoms with E-state index in [4.69, 9.17) is 4.99 Å². The van der Waals surface area contributed by atoms with E-state index in [2.05, 4.69) is 47.0 Å². The number of piperidine rings is 1. The summed E-state index contributed by atoms with van der Waals surface area (Å²) in [7, 11) is 2.15. The summed E-state index contributed by atoms with van der Waals surface area (Å²) in [5, 5.41) is 3.30. The predicted molar refractivity (Wildman–Crippen MR) is 94.6 cm³/mol. The minimum Gasteiger partial charge on any atom is -0.344 e. The maximum absolute atomic E-state index is 14.7. The fraction of sp³-hybridized carbons (Fsp3) is 0.706. The van der Waals surface area contributed by atoms with Gasteiger partial charge in [-0.15, -0.1) is 0 Å². The van der Waals surface area contributed by atoms with Crippen molar-refractivity contribution in [2.24, 2.45) is 16.8 Å². The van der Waals surface area contributed by atoms with Crippen LogP contribution in [0.15, 0.2) is 26.7 Å². The second kappa shape index (κ2) is 7.73. The molecule has 0 aromatic heterocycles. The Bertz CT molecular complexity index is 502. The molecule has 1 fully saturated rings. The Morgan fingerprint density at radius 1 is 1.36 bits per heavy atom. The zero-order chi connectivity index (χ0) is 16.3. The molecule has 3 nitrogen and oxygen atoms in total. The Morgan fingerprint density at radius 2 is 2.00 bits per heavy atom. The van der Waals surface area contributed by atoms with Crippen LogP contribution < -0.4 is 5.32 Å². The Balaban J connectivity index is 2.37. The maximum atomic E-state index is 14.7. The molecule has 5 heteroatoms. The van der Waals surface area contributed by atoms with Crippen LogP contribution in [0.5, 0.6) is 0 Å². The van der Waals surface area contributed by atoms with E-state index in [0.717, 1.165) is 43.9 Å². The Morgan fingerprint density at radius 3 is 2.55 bits per heavy atom. The molecule has 1 N–H and O–H groups in total. The lowest BCUT2D eigenvalue weighted by atomic mass is 9.95. The molecule has 2 aliphatic rings. The van der Waals surface area contributed by atoms with Crippen molar-refractivity contribution in [3.8, 4) is 0 Å². The van der Waals surface area contributed by atoms with Crippen molar-refractivity contribution in [1.82, 2.24) is 10.2 Å². The second-order valence-corrected chi connectivity index (χ2v) is 7.15. The summed E-state index contributed by atoms with van der Waals surface area (Å²) >= 11 is 3.45. The topological polar surface area (TPSA) is 27.6 Å². The van der Waals surface area contributed by atoms with Gasteiger partial charge in [0.25, 0.3) is 0 Å². The van der Waals surface area contributed by atoms with Crippen LogP contribution in [0, 0.1) is 11.8 Å². The number of likely N-dealkylation sites (tertiary alicyclic amines) is 1. The van der Waals surface area contributed by atoms with E-state index in [-0.39, 0.29) is 11.7 Å². The summed E-state index contributed by atoms with van der Waals surface area (Å²) in [6, 6.07) is 0. The van der Waals surface area contributed by atoms with Crippen molar-refractivity contribution < 1.29 is 4.39 Å². The number of aliphatic imine (C=N–C) groups is 1. The number of allylic oxidation sites excluding steroid dienone is 4. The second-order valence-electron chi connectivity index (χ2n) is 6.35. The van der Waals surface area contributed by atoms with Gasteiger partial charge in [-0.2, -0.15) is 0 Å². The van der Waals surface area contributed by atoms with Crippen LogP contribution in [0.1, 0.15) is 46.5 Å². The van der Waals surface area contributed by atoms with Crippen LogP contribution in [0.4, 0.5) is 4.39 Å². The van der Waals surface area contributed by atoms with Crippen LogP contribution >= 0.6 is 15.9 Å². The standard InChI is InChI=1S/C17H27BrFN3/c1-5-11(3)16-14(18)15(19)13(6-2)20-17(21-16)12-7-9-22(4)10-8-12/h11-12H,5-10H2,1-4H3,(H,20,21)/t11-/m0/s1. The molecule has 0 saturated carbocycles. The lowest BCUT2D eigenvalue weighted by Gasteiger charge is -2.30. The van der Waals surface area contributed by atoms with Gasteiger partial charge < -0.3 is 10.2 Å². The lowest BCUT2D eigenvalue weighted by Crippen LogP contribution is -2.38. The van der Waals surface area contributed by atoms with E-state index in [1.807, 2.05) is 6.92 Å². The van der Waals surface area contributed by atoms with Gasteiger partial charge in [0.05, 0.1) is 15.9 Å². The Labute approximate surface area is 141 Å². The van der Waals surface area contributed by atoms with Gasteiger partial charge in [0.15, 0.2) is 5.83 Å². The van der Waals surface area contributed by atoms with E-state index < -0.39 is 0 Å². The first kappa shape index (κ1) is 17.7. The summed E-state index contributed by atoms with van der Waals surface area (Å²) in [5.74, 6) is 1.39. The normalized spacial score (nSPS) is 23.3. The van der Waals surface area contributed by atoms with Crippen LogP contribution in [-0.2, 0) is 0 Å². The van der Waals surface area contributed by atoms with Crippen LogP contribution in [-0.4, -0.2) is 30.9 Å². The van der Waals surface area contributed by atoms with Crippen molar-refractivity contribution >= 4 is 21.8 Å².